The van der Waals surface area contributed by atoms with Gasteiger partial charge in [-0.3, -0.25) is 0 Å². The smallest absolute Gasteiger partial charge is 0.130 e. The number of ether oxygens (including phenoxy) is 1. The van der Waals surface area contributed by atoms with Crippen LogP contribution in [-0.2, 0) is 0 Å². The lowest BCUT2D eigenvalue weighted by molar-refractivity contribution is 0.226. The average Bonchev–Trinajstić information content (AvgIpc) is 3.38. The summed E-state index contributed by atoms with van der Waals surface area (Å²) in [6.07, 6.45) is 6.71. The molecule has 0 fully saturated rings. The van der Waals surface area contributed by atoms with Crippen LogP contribution in [0.2, 0.25) is 0 Å². The maximum atomic E-state index is 7.24. The molecule has 0 amide bonds. The van der Waals surface area contributed by atoms with E-state index >= 15 is 0 Å². The van der Waals surface area contributed by atoms with Gasteiger partial charge in [-0.1, -0.05) is 182 Å². The van der Waals surface area contributed by atoms with E-state index in [4.69, 9.17) is 4.74 Å². The highest BCUT2D eigenvalue weighted by Crippen LogP contribution is 2.48. The number of allylic oxidation sites excluding steroid dienone is 1. The van der Waals surface area contributed by atoms with Crippen molar-refractivity contribution in [3.8, 4) is 39.1 Å². The average molecular weight is 833 g/mol. The lowest BCUT2D eigenvalue weighted by Gasteiger charge is -2.37. The van der Waals surface area contributed by atoms with Crippen LogP contribution in [0.5, 0.6) is 5.75 Å². The molecule has 10 aromatic rings. The lowest BCUT2D eigenvalue weighted by atomic mass is 9.83. The molecule has 0 bridgehead atoms. The van der Waals surface area contributed by atoms with E-state index in [1.807, 2.05) is 0 Å². The Hall–Kier alpha value is -8.40. The van der Waals surface area contributed by atoms with Crippen molar-refractivity contribution >= 4 is 50.0 Å². The molecule has 1 aliphatic carbocycles. The minimum atomic E-state index is -0.225. The molecular formula is C62H44N2O. The number of hydrogen-bond acceptors (Lipinski definition) is 3. The van der Waals surface area contributed by atoms with Gasteiger partial charge in [0, 0.05) is 45.8 Å². The van der Waals surface area contributed by atoms with Gasteiger partial charge in [0.25, 0.3) is 0 Å². The maximum absolute atomic E-state index is 7.24. The zero-order valence-corrected chi connectivity index (χ0v) is 35.7. The number of hydrogen-bond donors (Lipinski definition) is 0. The van der Waals surface area contributed by atoms with Crippen LogP contribution in [-0.4, -0.2) is 6.10 Å². The fourth-order valence-corrected chi connectivity index (χ4v) is 9.73. The van der Waals surface area contributed by atoms with Crippen LogP contribution in [0, 0.1) is 0 Å². The summed E-state index contributed by atoms with van der Waals surface area (Å²) < 4.78 is 7.24. The van der Waals surface area contributed by atoms with Crippen LogP contribution in [0.4, 0.5) is 28.4 Å². The van der Waals surface area contributed by atoms with Crippen LogP contribution < -0.4 is 14.5 Å². The summed E-state index contributed by atoms with van der Waals surface area (Å²) in [6, 6.07) is 85.0. The first-order valence-corrected chi connectivity index (χ1v) is 22.4. The van der Waals surface area contributed by atoms with Crippen molar-refractivity contribution in [2.24, 2.45) is 0 Å². The van der Waals surface area contributed by atoms with E-state index in [1.54, 1.807) is 0 Å². The molecule has 3 heteroatoms. The van der Waals surface area contributed by atoms with E-state index in [0.29, 0.717) is 0 Å². The molecule has 10 aromatic carbocycles. The second-order valence-electron chi connectivity index (χ2n) is 16.9. The largest absolute Gasteiger partial charge is 0.485 e. The van der Waals surface area contributed by atoms with Gasteiger partial charge in [-0.15, -0.1) is 0 Å². The molecule has 1 heterocycles. The zero-order chi connectivity index (χ0) is 43.1. The van der Waals surface area contributed by atoms with Crippen molar-refractivity contribution in [1.29, 1.82) is 0 Å². The van der Waals surface area contributed by atoms with E-state index in [0.717, 1.165) is 45.3 Å². The summed E-state index contributed by atoms with van der Waals surface area (Å²) in [5.74, 6) is 0.948. The second-order valence-corrected chi connectivity index (χ2v) is 16.9. The number of rotatable bonds is 9. The fourth-order valence-electron chi connectivity index (χ4n) is 9.73. The van der Waals surface area contributed by atoms with Gasteiger partial charge in [-0.05, 0) is 122 Å². The van der Waals surface area contributed by atoms with Crippen molar-refractivity contribution in [2.45, 2.75) is 12.0 Å². The summed E-state index contributed by atoms with van der Waals surface area (Å²) in [4.78, 5) is 4.72. The molecule has 0 aromatic heterocycles. The topological polar surface area (TPSA) is 15.7 Å². The molecule has 0 N–H and O–H groups in total. The van der Waals surface area contributed by atoms with E-state index in [-0.39, 0.29) is 12.0 Å². The Morgan fingerprint density at radius 3 is 1.37 bits per heavy atom. The number of fused-ring (bicyclic) bond motifs is 3. The minimum Gasteiger partial charge on any atom is -0.485 e. The van der Waals surface area contributed by atoms with Crippen molar-refractivity contribution in [2.75, 3.05) is 9.80 Å². The molecule has 308 valence electrons. The van der Waals surface area contributed by atoms with E-state index < -0.39 is 0 Å². The van der Waals surface area contributed by atoms with Crippen LogP contribution in [0.3, 0.4) is 0 Å². The molecule has 2 atom stereocenters. The molecule has 3 nitrogen and oxygen atoms in total. The molecule has 1 aliphatic heterocycles. The predicted molar refractivity (Wildman–Crippen MR) is 272 cm³/mol. The summed E-state index contributed by atoms with van der Waals surface area (Å²) in [6.45, 7) is 0. The van der Waals surface area contributed by atoms with E-state index in [1.165, 1.54) is 55.1 Å². The molecule has 2 aliphatic rings. The number of nitrogens with zero attached hydrogens (tertiary/aromatic N) is 2. The highest BCUT2D eigenvalue weighted by Gasteiger charge is 2.33. The Balaban J connectivity index is 0.946. The van der Waals surface area contributed by atoms with Crippen LogP contribution in [0.1, 0.15) is 11.5 Å². The molecule has 0 radical (unpaired) electrons. The first-order valence-electron chi connectivity index (χ1n) is 22.4. The quantitative estimate of drug-likeness (QED) is 0.144. The SMILES string of the molecule is C1=CC2c3cccc4cc(N(c5ccc(-c6ccccc6)cc5)c5ccc6ccccc6c5)cc(c34)OC2C=C1N(c1ccc(-c2ccccc2)cc1)c1ccc(-c2ccccc2)cc1. The minimum absolute atomic E-state index is 0.0608. The van der Waals surface area contributed by atoms with Gasteiger partial charge in [0.2, 0.25) is 0 Å². The van der Waals surface area contributed by atoms with Crippen LogP contribution >= 0.6 is 0 Å². The third-order valence-electron chi connectivity index (χ3n) is 12.9. The maximum Gasteiger partial charge on any atom is 0.130 e. The number of benzene rings is 10. The fraction of sp³-hybridized carbons (Fsp3) is 0.0323. The summed E-state index contributed by atoms with van der Waals surface area (Å²) >= 11 is 0. The third kappa shape index (κ3) is 7.23. The first-order chi connectivity index (χ1) is 32.2. The number of anilines is 5. The Bertz CT molecular complexity index is 3300. The summed E-state index contributed by atoms with van der Waals surface area (Å²) in [5.41, 5.74) is 14.8. The predicted octanol–water partition coefficient (Wildman–Crippen LogP) is 16.6. The van der Waals surface area contributed by atoms with Crippen molar-refractivity contribution in [3.63, 3.8) is 0 Å². The van der Waals surface area contributed by atoms with Crippen LogP contribution in [0.15, 0.2) is 261 Å². The van der Waals surface area contributed by atoms with Gasteiger partial charge in [0.1, 0.15) is 11.9 Å². The van der Waals surface area contributed by atoms with E-state index in [9.17, 15) is 0 Å². The first kappa shape index (κ1) is 38.3. The highest BCUT2D eigenvalue weighted by molar-refractivity contribution is 5.98. The van der Waals surface area contributed by atoms with Crippen molar-refractivity contribution < 1.29 is 4.74 Å². The van der Waals surface area contributed by atoms with Crippen molar-refractivity contribution in [1.82, 2.24) is 0 Å². The molecule has 65 heavy (non-hydrogen) atoms. The van der Waals surface area contributed by atoms with Gasteiger partial charge < -0.3 is 14.5 Å². The Labute approximate surface area is 380 Å². The molecular weight excluding hydrogens is 789 g/mol. The molecule has 0 saturated heterocycles. The van der Waals surface area contributed by atoms with Gasteiger partial charge in [0.15, 0.2) is 0 Å². The molecule has 2 unspecified atom stereocenters. The Morgan fingerprint density at radius 2 is 0.800 bits per heavy atom. The van der Waals surface area contributed by atoms with E-state index in [2.05, 4.69) is 265 Å². The second kappa shape index (κ2) is 16.4. The van der Waals surface area contributed by atoms with Gasteiger partial charge in [0.05, 0.1) is 5.69 Å². The van der Waals surface area contributed by atoms with Gasteiger partial charge in [-0.2, -0.15) is 0 Å². The Morgan fingerprint density at radius 1 is 0.338 bits per heavy atom. The third-order valence-corrected chi connectivity index (χ3v) is 12.9. The molecule has 0 saturated carbocycles. The van der Waals surface area contributed by atoms with Crippen LogP contribution in [0.25, 0.3) is 54.9 Å². The van der Waals surface area contributed by atoms with Gasteiger partial charge >= 0.3 is 0 Å². The standard InChI is InChI=1S/C62H44N2O/c1-4-13-43(14-5-1)47-23-30-52(31-24-47)63(53-32-25-48(26-33-53)44-15-6-2-7-16-44)56-37-38-58-59-22-12-21-51-40-57(42-61(62(51)59)65-60(58)41-56)64(55-36-29-46-19-10-11-20-50(46)39-55)54-34-27-49(28-35-54)45-17-8-3-9-18-45/h1-42,58,60H. The summed E-state index contributed by atoms with van der Waals surface area (Å²) in [7, 11) is 0. The molecule has 0 spiro atoms. The summed E-state index contributed by atoms with van der Waals surface area (Å²) in [5, 5.41) is 4.73. The van der Waals surface area contributed by atoms with Crippen molar-refractivity contribution in [3.05, 3.63) is 266 Å². The lowest BCUT2D eigenvalue weighted by Crippen LogP contribution is -2.30. The van der Waals surface area contributed by atoms with Gasteiger partial charge in [-0.25, -0.2) is 0 Å². The normalized spacial score (nSPS) is 14.9. The highest BCUT2D eigenvalue weighted by atomic mass is 16.5. The monoisotopic (exact) mass is 832 g/mol. The zero-order valence-electron chi connectivity index (χ0n) is 35.7. The molecule has 12 rings (SSSR count). The Kier molecular flexibility index (Phi) is 9.65.